The lowest BCUT2D eigenvalue weighted by Crippen LogP contribution is -2.62. The van der Waals surface area contributed by atoms with Gasteiger partial charge in [0.2, 0.25) is 0 Å². The highest BCUT2D eigenvalue weighted by Crippen LogP contribution is 2.41. The zero-order valence-corrected chi connectivity index (χ0v) is 23.4. The molecule has 0 bridgehead atoms. The van der Waals surface area contributed by atoms with Crippen molar-refractivity contribution in [3.05, 3.63) is 48.6 Å². The molecule has 0 radical (unpaired) electrons. The first-order valence-corrected chi connectivity index (χ1v) is 17.3. The number of hydrogen-bond acceptors (Lipinski definition) is 4. The summed E-state index contributed by atoms with van der Waals surface area (Å²) in [5, 5.41) is 3.97. The van der Waals surface area contributed by atoms with Crippen molar-refractivity contribution in [3.63, 3.8) is 0 Å². The third-order valence-electron chi connectivity index (χ3n) is 7.38. The van der Waals surface area contributed by atoms with Gasteiger partial charge in [-0.05, 0) is 41.8 Å². The van der Waals surface area contributed by atoms with E-state index in [1.807, 2.05) is 24.3 Å². The lowest BCUT2D eigenvalue weighted by Gasteiger charge is -2.48. The van der Waals surface area contributed by atoms with Crippen LogP contribution in [0.25, 0.3) is 0 Å². The van der Waals surface area contributed by atoms with E-state index in [0.29, 0.717) is 6.61 Å². The molecule has 1 aliphatic rings. The standard InChI is InChI=1S/C25H45NO3Si2/c1-12-21-22(29-31(10,11)25(5,6)7)20(18-27-30(8,9)24(2,3)4)26-23(28-21)19-16-14-13-15-17-19/h12-17,20-23,26H,1,18H2,2-11H3/t20-,21+,22+,23?/m1/s1. The van der Waals surface area contributed by atoms with E-state index in [1.54, 1.807) is 0 Å². The highest BCUT2D eigenvalue weighted by molar-refractivity contribution is 6.74. The minimum atomic E-state index is -2.02. The first-order valence-electron chi connectivity index (χ1n) is 11.5. The normalized spacial score (nSPS) is 26.0. The van der Waals surface area contributed by atoms with Crippen LogP contribution in [0.3, 0.4) is 0 Å². The molecule has 1 aromatic carbocycles. The summed E-state index contributed by atoms with van der Waals surface area (Å²) in [6, 6.07) is 10.3. The van der Waals surface area contributed by atoms with Crippen LogP contribution in [-0.2, 0) is 13.6 Å². The van der Waals surface area contributed by atoms with E-state index in [-0.39, 0.29) is 34.6 Å². The van der Waals surface area contributed by atoms with E-state index in [0.717, 1.165) is 5.56 Å². The van der Waals surface area contributed by atoms with Gasteiger partial charge in [-0.25, -0.2) is 0 Å². The minimum absolute atomic E-state index is 0.0187. The molecule has 1 N–H and O–H groups in total. The van der Waals surface area contributed by atoms with Gasteiger partial charge in [0.1, 0.15) is 12.3 Å². The van der Waals surface area contributed by atoms with Gasteiger partial charge >= 0.3 is 0 Å². The summed E-state index contributed by atoms with van der Waals surface area (Å²) in [5.74, 6) is 0. The summed E-state index contributed by atoms with van der Waals surface area (Å²) in [6.45, 7) is 27.5. The topological polar surface area (TPSA) is 39.7 Å². The van der Waals surface area contributed by atoms with Crippen molar-refractivity contribution < 1.29 is 13.6 Å². The first-order chi connectivity index (χ1) is 14.1. The summed E-state index contributed by atoms with van der Waals surface area (Å²) in [4.78, 5) is 0. The summed E-state index contributed by atoms with van der Waals surface area (Å²) in [7, 11) is -3.92. The lowest BCUT2D eigenvalue weighted by atomic mass is 10.0. The van der Waals surface area contributed by atoms with Gasteiger partial charge in [0.05, 0.1) is 18.8 Å². The molecule has 176 valence electrons. The van der Waals surface area contributed by atoms with E-state index >= 15 is 0 Å². The predicted molar refractivity (Wildman–Crippen MR) is 136 cm³/mol. The molecule has 0 spiro atoms. The second kappa shape index (κ2) is 9.61. The first kappa shape index (κ1) is 26.5. The Balaban J connectivity index is 2.34. The number of ether oxygens (including phenoxy) is 1. The molecule has 1 fully saturated rings. The fraction of sp³-hybridized carbons (Fsp3) is 0.680. The van der Waals surface area contributed by atoms with Crippen molar-refractivity contribution in [3.8, 4) is 0 Å². The molecule has 31 heavy (non-hydrogen) atoms. The summed E-state index contributed by atoms with van der Waals surface area (Å²) < 4.78 is 20.0. The molecule has 1 aliphatic heterocycles. The number of hydrogen-bond donors (Lipinski definition) is 1. The van der Waals surface area contributed by atoms with Gasteiger partial charge in [0, 0.05) is 0 Å². The summed E-state index contributed by atoms with van der Waals surface area (Å²) in [6.07, 6.45) is 1.35. The van der Waals surface area contributed by atoms with Crippen LogP contribution in [0, 0.1) is 0 Å². The Hall–Kier alpha value is -0.766. The number of rotatable bonds is 7. The van der Waals surface area contributed by atoms with Crippen LogP contribution in [0.5, 0.6) is 0 Å². The molecular formula is C25H45NO3Si2. The van der Waals surface area contributed by atoms with E-state index in [2.05, 4.69) is 91.8 Å². The van der Waals surface area contributed by atoms with Crippen molar-refractivity contribution >= 4 is 16.6 Å². The van der Waals surface area contributed by atoms with Crippen molar-refractivity contribution in [1.82, 2.24) is 5.32 Å². The number of nitrogens with one attached hydrogen (secondary N) is 1. The van der Waals surface area contributed by atoms with Crippen LogP contribution < -0.4 is 5.32 Å². The maximum absolute atomic E-state index is 6.91. The van der Waals surface area contributed by atoms with Crippen molar-refractivity contribution in [2.75, 3.05) is 6.61 Å². The second-order valence-corrected chi connectivity index (χ2v) is 21.4. The van der Waals surface area contributed by atoms with Crippen LogP contribution in [0.2, 0.25) is 36.3 Å². The zero-order chi connectivity index (χ0) is 23.7. The van der Waals surface area contributed by atoms with Gasteiger partial charge in [-0.15, -0.1) is 6.58 Å². The molecule has 1 saturated heterocycles. The molecule has 6 heteroatoms. The fourth-order valence-corrected chi connectivity index (χ4v) is 5.47. The third kappa shape index (κ3) is 6.39. The SMILES string of the molecule is C=C[C@@H]1OC(c2ccccc2)N[C@H](CO[Si](C)(C)C(C)(C)C)[C@@H]1O[Si](C)(C)C(C)(C)C. The molecule has 2 rings (SSSR count). The fourth-order valence-electron chi connectivity index (χ4n) is 3.11. The maximum Gasteiger partial charge on any atom is 0.192 e. The molecule has 0 amide bonds. The highest BCUT2D eigenvalue weighted by atomic mass is 28.4. The minimum Gasteiger partial charge on any atom is -0.415 e. The van der Waals surface area contributed by atoms with Crippen molar-refractivity contribution in [1.29, 1.82) is 0 Å². The molecule has 0 aliphatic carbocycles. The van der Waals surface area contributed by atoms with Crippen molar-refractivity contribution in [2.24, 2.45) is 0 Å². The third-order valence-corrected chi connectivity index (χ3v) is 16.4. The zero-order valence-electron chi connectivity index (χ0n) is 21.4. The van der Waals surface area contributed by atoms with Crippen LogP contribution in [-0.4, -0.2) is 41.5 Å². The Morgan fingerprint density at radius 2 is 1.52 bits per heavy atom. The molecule has 0 saturated carbocycles. The monoisotopic (exact) mass is 463 g/mol. The average Bonchev–Trinajstić information content (AvgIpc) is 2.65. The molecule has 1 aromatic rings. The molecular weight excluding hydrogens is 418 g/mol. The van der Waals surface area contributed by atoms with E-state index in [9.17, 15) is 0 Å². The summed E-state index contributed by atoms with van der Waals surface area (Å²) in [5.41, 5.74) is 1.11. The molecule has 4 nitrogen and oxygen atoms in total. The largest absolute Gasteiger partial charge is 0.415 e. The Labute approximate surface area is 193 Å². The Kier molecular flexibility index (Phi) is 8.21. The molecule has 4 atom stereocenters. The van der Waals surface area contributed by atoms with Gasteiger partial charge in [0.25, 0.3) is 0 Å². The quantitative estimate of drug-likeness (QED) is 0.363. The van der Waals surface area contributed by atoms with Crippen LogP contribution in [0.15, 0.2) is 43.0 Å². The molecule has 0 aromatic heterocycles. The Bertz CT molecular complexity index is 723. The predicted octanol–water partition coefficient (Wildman–Crippen LogP) is 6.64. The summed E-state index contributed by atoms with van der Waals surface area (Å²) >= 11 is 0. The maximum atomic E-state index is 6.91. The van der Waals surface area contributed by atoms with E-state index in [1.165, 1.54) is 0 Å². The van der Waals surface area contributed by atoms with Crippen LogP contribution >= 0.6 is 0 Å². The van der Waals surface area contributed by atoms with Gasteiger partial charge in [-0.1, -0.05) is 78.0 Å². The number of benzene rings is 1. The van der Waals surface area contributed by atoms with Gasteiger partial charge in [-0.3, -0.25) is 5.32 Å². The lowest BCUT2D eigenvalue weighted by molar-refractivity contribution is -0.127. The molecule has 1 heterocycles. The smallest absolute Gasteiger partial charge is 0.192 e. The average molecular weight is 464 g/mol. The van der Waals surface area contributed by atoms with Crippen LogP contribution in [0.1, 0.15) is 53.3 Å². The Morgan fingerprint density at radius 3 is 2.00 bits per heavy atom. The van der Waals surface area contributed by atoms with E-state index in [4.69, 9.17) is 13.6 Å². The van der Waals surface area contributed by atoms with Gasteiger partial charge in [0.15, 0.2) is 16.6 Å². The second-order valence-electron chi connectivity index (χ2n) is 11.8. The van der Waals surface area contributed by atoms with E-state index < -0.39 is 16.6 Å². The van der Waals surface area contributed by atoms with Crippen LogP contribution in [0.4, 0.5) is 0 Å². The van der Waals surface area contributed by atoms with Gasteiger partial charge in [-0.2, -0.15) is 0 Å². The van der Waals surface area contributed by atoms with Crippen molar-refractivity contribution in [2.45, 2.75) is 102 Å². The van der Waals surface area contributed by atoms with Gasteiger partial charge < -0.3 is 13.6 Å². The Morgan fingerprint density at radius 1 is 0.968 bits per heavy atom. The molecule has 1 unspecified atom stereocenters. The highest BCUT2D eigenvalue weighted by Gasteiger charge is 2.47.